The lowest BCUT2D eigenvalue weighted by atomic mass is 9.68. The zero-order chi connectivity index (χ0) is 19.1. The van der Waals surface area contributed by atoms with Crippen LogP contribution >= 0.6 is 0 Å². The summed E-state index contributed by atoms with van der Waals surface area (Å²) in [5.74, 6) is 1.46. The molecule has 3 heteroatoms. The third kappa shape index (κ3) is 5.12. The molecule has 0 radical (unpaired) electrons. The fourth-order valence-corrected chi connectivity index (χ4v) is 4.11. The Balaban J connectivity index is 1.63. The van der Waals surface area contributed by atoms with Gasteiger partial charge in [-0.15, -0.1) is 0 Å². The zero-order valence-corrected chi connectivity index (χ0v) is 16.9. The Hall–Kier alpha value is -1.84. The van der Waals surface area contributed by atoms with Gasteiger partial charge in [-0.25, -0.2) is 0 Å². The molecule has 1 fully saturated rings. The van der Waals surface area contributed by atoms with Crippen molar-refractivity contribution in [2.75, 3.05) is 20.3 Å². The zero-order valence-electron chi connectivity index (χ0n) is 16.9. The molecule has 2 aromatic rings. The van der Waals surface area contributed by atoms with Gasteiger partial charge in [-0.2, -0.15) is 0 Å². The first kappa shape index (κ1) is 19.9. The van der Waals surface area contributed by atoms with Gasteiger partial charge in [0.15, 0.2) is 0 Å². The van der Waals surface area contributed by atoms with Gasteiger partial charge in [-0.05, 0) is 55.0 Å². The van der Waals surface area contributed by atoms with Crippen molar-refractivity contribution in [1.29, 1.82) is 0 Å². The molecule has 1 saturated heterocycles. The van der Waals surface area contributed by atoms with Crippen LogP contribution in [0.4, 0.5) is 0 Å². The Morgan fingerprint density at radius 1 is 1.11 bits per heavy atom. The summed E-state index contributed by atoms with van der Waals surface area (Å²) in [6, 6.07) is 19.3. The van der Waals surface area contributed by atoms with E-state index >= 15 is 0 Å². The van der Waals surface area contributed by atoms with Gasteiger partial charge in [-0.3, -0.25) is 0 Å². The quantitative estimate of drug-likeness (QED) is 0.670. The molecule has 0 bridgehead atoms. The van der Waals surface area contributed by atoms with Crippen LogP contribution in [-0.4, -0.2) is 26.4 Å². The number of nitrogens with one attached hydrogen (secondary N) is 1. The highest BCUT2D eigenvalue weighted by molar-refractivity contribution is 5.28. The van der Waals surface area contributed by atoms with Gasteiger partial charge in [0, 0.05) is 18.6 Å². The van der Waals surface area contributed by atoms with Gasteiger partial charge >= 0.3 is 0 Å². The van der Waals surface area contributed by atoms with Gasteiger partial charge in [0.2, 0.25) is 0 Å². The summed E-state index contributed by atoms with van der Waals surface area (Å²) in [6.45, 7) is 7.29. The highest BCUT2D eigenvalue weighted by atomic mass is 16.5. The summed E-state index contributed by atoms with van der Waals surface area (Å²) in [4.78, 5) is 0. The maximum Gasteiger partial charge on any atom is 0.118 e. The molecule has 1 aliphatic heterocycles. The number of methoxy groups -OCH3 is 1. The number of hydrogen-bond donors (Lipinski definition) is 1. The van der Waals surface area contributed by atoms with Gasteiger partial charge in [0.1, 0.15) is 5.75 Å². The number of benzene rings is 2. The second-order valence-corrected chi connectivity index (χ2v) is 8.03. The van der Waals surface area contributed by atoms with Crippen LogP contribution in [0.5, 0.6) is 5.75 Å². The molecule has 2 aromatic carbocycles. The fraction of sp³-hybridized carbons (Fsp3) is 0.500. The van der Waals surface area contributed by atoms with Crippen LogP contribution in [0.25, 0.3) is 0 Å². The summed E-state index contributed by atoms with van der Waals surface area (Å²) in [5.41, 5.74) is 2.96. The minimum absolute atomic E-state index is 0.210. The molecule has 0 spiro atoms. The predicted octanol–water partition coefficient (Wildman–Crippen LogP) is 4.95. The average Bonchev–Trinajstić information content (AvgIpc) is 2.72. The van der Waals surface area contributed by atoms with Gasteiger partial charge in [0.05, 0.1) is 13.2 Å². The third-order valence-electron chi connectivity index (χ3n) is 5.90. The van der Waals surface area contributed by atoms with Crippen LogP contribution in [0, 0.1) is 5.92 Å². The summed E-state index contributed by atoms with van der Waals surface area (Å²) in [7, 11) is 1.70. The summed E-state index contributed by atoms with van der Waals surface area (Å²) >= 11 is 0. The molecule has 1 N–H and O–H groups in total. The smallest absolute Gasteiger partial charge is 0.118 e. The number of ether oxygens (including phenoxy) is 2. The third-order valence-corrected chi connectivity index (χ3v) is 5.90. The molecule has 1 heterocycles. The molecule has 146 valence electrons. The largest absolute Gasteiger partial charge is 0.497 e. The van der Waals surface area contributed by atoms with E-state index in [-0.39, 0.29) is 5.41 Å². The molecule has 0 saturated carbocycles. The Morgan fingerprint density at radius 2 is 1.85 bits per heavy atom. The molecular formula is C24H33NO2. The van der Waals surface area contributed by atoms with E-state index < -0.39 is 0 Å². The van der Waals surface area contributed by atoms with Crippen LogP contribution in [0.1, 0.15) is 44.2 Å². The Morgan fingerprint density at radius 3 is 2.52 bits per heavy atom. The lowest BCUT2D eigenvalue weighted by Gasteiger charge is -2.43. The standard InChI is InChI=1S/C24H33NO2/c1-19(2)23-17-24(14-16-27-23,21-7-5-4-6-8-21)13-15-25-18-20-9-11-22(26-3)12-10-20/h4-12,19,23,25H,13-18H2,1-3H3/t23-,24-/m0/s1. The van der Waals surface area contributed by atoms with E-state index in [9.17, 15) is 0 Å². The SMILES string of the molecule is COc1ccc(CNCC[C@]2(c3ccccc3)CCO[C@H](C(C)C)C2)cc1. The van der Waals surface area contributed by atoms with Gasteiger partial charge in [-0.1, -0.05) is 56.3 Å². The second-order valence-electron chi connectivity index (χ2n) is 8.03. The van der Waals surface area contributed by atoms with E-state index in [2.05, 4.69) is 61.6 Å². The van der Waals surface area contributed by atoms with Crippen molar-refractivity contribution >= 4 is 0 Å². The summed E-state index contributed by atoms with van der Waals surface area (Å²) in [5, 5.41) is 3.64. The highest BCUT2D eigenvalue weighted by Gasteiger charge is 2.38. The highest BCUT2D eigenvalue weighted by Crippen LogP contribution is 2.41. The van der Waals surface area contributed by atoms with Crippen molar-refractivity contribution < 1.29 is 9.47 Å². The Kier molecular flexibility index (Phi) is 6.92. The Labute approximate surface area is 164 Å². The molecule has 0 aliphatic carbocycles. The lowest BCUT2D eigenvalue weighted by molar-refractivity contribution is -0.0469. The molecule has 27 heavy (non-hydrogen) atoms. The van der Waals surface area contributed by atoms with Crippen molar-refractivity contribution in [3.05, 3.63) is 65.7 Å². The molecule has 1 aliphatic rings. The number of rotatable bonds is 8. The molecule has 3 rings (SSSR count). The van der Waals surface area contributed by atoms with E-state index in [1.165, 1.54) is 11.1 Å². The summed E-state index contributed by atoms with van der Waals surface area (Å²) < 4.78 is 11.3. The van der Waals surface area contributed by atoms with Crippen molar-refractivity contribution in [3.63, 3.8) is 0 Å². The Bertz CT molecular complexity index is 683. The van der Waals surface area contributed by atoms with Crippen molar-refractivity contribution in [2.24, 2.45) is 5.92 Å². The van der Waals surface area contributed by atoms with Crippen LogP contribution in [0.15, 0.2) is 54.6 Å². The van der Waals surface area contributed by atoms with E-state index in [0.29, 0.717) is 12.0 Å². The van der Waals surface area contributed by atoms with Crippen LogP contribution in [0.2, 0.25) is 0 Å². The first-order valence-corrected chi connectivity index (χ1v) is 10.1. The number of hydrogen-bond acceptors (Lipinski definition) is 3. The lowest BCUT2D eigenvalue weighted by Crippen LogP contribution is -2.42. The molecule has 0 amide bonds. The van der Waals surface area contributed by atoms with Crippen LogP contribution in [-0.2, 0) is 16.7 Å². The molecular weight excluding hydrogens is 334 g/mol. The maximum atomic E-state index is 6.08. The predicted molar refractivity (Wildman–Crippen MR) is 111 cm³/mol. The van der Waals surface area contributed by atoms with E-state index in [0.717, 1.165) is 44.7 Å². The monoisotopic (exact) mass is 367 g/mol. The molecule has 2 atom stereocenters. The maximum absolute atomic E-state index is 6.08. The van der Waals surface area contributed by atoms with Gasteiger partial charge in [0.25, 0.3) is 0 Å². The normalized spacial score (nSPS) is 22.7. The van der Waals surface area contributed by atoms with Gasteiger partial charge < -0.3 is 14.8 Å². The van der Waals surface area contributed by atoms with Crippen molar-refractivity contribution in [2.45, 2.75) is 51.2 Å². The van der Waals surface area contributed by atoms with E-state index in [1.54, 1.807) is 7.11 Å². The fourth-order valence-electron chi connectivity index (χ4n) is 4.11. The summed E-state index contributed by atoms with van der Waals surface area (Å²) in [6.07, 6.45) is 3.70. The molecule has 3 nitrogen and oxygen atoms in total. The minimum atomic E-state index is 0.210. The minimum Gasteiger partial charge on any atom is -0.497 e. The van der Waals surface area contributed by atoms with Crippen LogP contribution in [0.3, 0.4) is 0 Å². The van der Waals surface area contributed by atoms with Crippen LogP contribution < -0.4 is 10.1 Å². The first-order chi connectivity index (χ1) is 13.1. The second kappa shape index (κ2) is 9.38. The van der Waals surface area contributed by atoms with E-state index in [4.69, 9.17) is 9.47 Å². The molecule has 0 unspecified atom stereocenters. The van der Waals surface area contributed by atoms with Crippen molar-refractivity contribution in [3.8, 4) is 5.75 Å². The topological polar surface area (TPSA) is 30.5 Å². The first-order valence-electron chi connectivity index (χ1n) is 10.1. The molecule has 0 aromatic heterocycles. The van der Waals surface area contributed by atoms with Crippen molar-refractivity contribution in [1.82, 2.24) is 5.32 Å². The van der Waals surface area contributed by atoms with E-state index in [1.807, 2.05) is 12.1 Å². The average molecular weight is 368 g/mol.